The molecular formula is C22H24N2O4S2. The highest BCUT2D eigenvalue weighted by atomic mass is 32.2. The zero-order chi connectivity index (χ0) is 21.9. The van der Waals surface area contributed by atoms with Crippen molar-refractivity contribution in [2.45, 2.75) is 31.1 Å². The van der Waals surface area contributed by atoms with Gasteiger partial charge in [-0.1, -0.05) is 23.8 Å². The fraction of sp³-hybridized carbons (Fsp3) is 0.227. The van der Waals surface area contributed by atoms with Crippen LogP contribution in [0.4, 0.5) is 11.4 Å². The van der Waals surface area contributed by atoms with E-state index in [-0.39, 0.29) is 10.1 Å². The minimum Gasteiger partial charge on any atom is -0.481 e. The Labute approximate surface area is 181 Å². The molecule has 0 unspecified atom stereocenters. The number of ether oxygens (including phenoxy) is 1. The van der Waals surface area contributed by atoms with Crippen molar-refractivity contribution in [1.29, 1.82) is 0 Å². The van der Waals surface area contributed by atoms with Gasteiger partial charge in [0.1, 0.15) is 9.96 Å². The molecule has 3 rings (SSSR count). The van der Waals surface area contributed by atoms with E-state index in [4.69, 9.17) is 4.74 Å². The van der Waals surface area contributed by atoms with Gasteiger partial charge in [0.15, 0.2) is 6.10 Å². The summed E-state index contributed by atoms with van der Waals surface area (Å²) in [5, 5.41) is 4.60. The number of thiophene rings is 1. The molecule has 1 N–H and O–H groups in total. The molecule has 0 aliphatic rings. The van der Waals surface area contributed by atoms with Gasteiger partial charge in [0, 0.05) is 12.7 Å². The predicted octanol–water partition coefficient (Wildman–Crippen LogP) is 4.60. The third kappa shape index (κ3) is 4.83. The summed E-state index contributed by atoms with van der Waals surface area (Å²) in [5.41, 5.74) is 3.36. The summed E-state index contributed by atoms with van der Waals surface area (Å²) < 4.78 is 32.5. The van der Waals surface area contributed by atoms with Crippen LogP contribution in [-0.4, -0.2) is 27.5 Å². The molecule has 8 heteroatoms. The molecule has 30 heavy (non-hydrogen) atoms. The highest BCUT2D eigenvalue weighted by Crippen LogP contribution is 2.27. The van der Waals surface area contributed by atoms with E-state index in [1.165, 1.54) is 22.7 Å². The first-order valence-corrected chi connectivity index (χ1v) is 11.7. The zero-order valence-corrected chi connectivity index (χ0v) is 18.9. The number of amides is 1. The summed E-state index contributed by atoms with van der Waals surface area (Å²) in [6, 6.07) is 15.7. The van der Waals surface area contributed by atoms with E-state index in [1.807, 2.05) is 32.0 Å². The number of rotatable bonds is 7. The second-order valence-corrected chi connectivity index (χ2v) is 10.1. The van der Waals surface area contributed by atoms with E-state index in [0.29, 0.717) is 11.4 Å². The molecule has 0 radical (unpaired) electrons. The number of aryl methyl sites for hydroxylation is 2. The van der Waals surface area contributed by atoms with Gasteiger partial charge in [0.25, 0.3) is 15.9 Å². The van der Waals surface area contributed by atoms with Gasteiger partial charge >= 0.3 is 0 Å². The van der Waals surface area contributed by atoms with Crippen LogP contribution in [0, 0.1) is 13.8 Å². The maximum absolute atomic E-state index is 12.6. The second-order valence-electron chi connectivity index (χ2n) is 6.97. The number of nitrogens with zero attached hydrogens (tertiary/aromatic N) is 1. The molecule has 6 nitrogen and oxygen atoms in total. The Morgan fingerprint density at radius 1 is 1.10 bits per heavy atom. The summed E-state index contributed by atoms with van der Waals surface area (Å²) in [4.78, 5) is 12.5. The molecule has 0 aliphatic carbocycles. The average Bonchev–Trinajstić information content (AvgIpc) is 3.26. The van der Waals surface area contributed by atoms with Crippen LogP contribution < -0.4 is 14.4 Å². The Morgan fingerprint density at radius 2 is 1.80 bits per heavy atom. The van der Waals surface area contributed by atoms with Crippen LogP contribution in [0.2, 0.25) is 0 Å². The number of anilines is 2. The van der Waals surface area contributed by atoms with Crippen molar-refractivity contribution in [1.82, 2.24) is 0 Å². The summed E-state index contributed by atoms with van der Waals surface area (Å²) in [6.45, 7) is 5.60. The highest BCUT2D eigenvalue weighted by Gasteiger charge is 2.22. The molecule has 0 bridgehead atoms. The average molecular weight is 445 g/mol. The number of nitrogens with one attached hydrogen (secondary N) is 1. The van der Waals surface area contributed by atoms with E-state index in [0.717, 1.165) is 16.8 Å². The van der Waals surface area contributed by atoms with Gasteiger partial charge in [-0.05, 0) is 68.1 Å². The third-order valence-corrected chi connectivity index (χ3v) is 7.79. The van der Waals surface area contributed by atoms with Gasteiger partial charge in [0.2, 0.25) is 0 Å². The van der Waals surface area contributed by atoms with Gasteiger partial charge in [-0.15, -0.1) is 11.3 Å². The fourth-order valence-electron chi connectivity index (χ4n) is 2.86. The number of hydrogen-bond donors (Lipinski definition) is 1. The lowest BCUT2D eigenvalue weighted by Gasteiger charge is -2.20. The third-order valence-electron chi connectivity index (χ3n) is 4.63. The molecule has 1 atom stereocenters. The molecule has 1 amide bonds. The van der Waals surface area contributed by atoms with Crippen molar-refractivity contribution in [3.8, 4) is 5.75 Å². The molecule has 2 aromatic carbocycles. The van der Waals surface area contributed by atoms with Gasteiger partial charge < -0.3 is 10.1 Å². The lowest BCUT2D eigenvalue weighted by atomic mass is 10.1. The summed E-state index contributed by atoms with van der Waals surface area (Å²) >= 11 is 1.17. The predicted molar refractivity (Wildman–Crippen MR) is 121 cm³/mol. The fourth-order valence-corrected chi connectivity index (χ4v) is 5.22. The monoisotopic (exact) mass is 444 g/mol. The van der Waals surface area contributed by atoms with Crippen molar-refractivity contribution in [3.63, 3.8) is 0 Å². The van der Waals surface area contributed by atoms with E-state index in [1.54, 1.807) is 48.7 Å². The molecule has 3 aromatic rings. The topological polar surface area (TPSA) is 75.7 Å². The Kier molecular flexibility index (Phi) is 6.48. The molecule has 0 fully saturated rings. The number of carbonyl (C=O) groups is 1. The number of hydrogen-bond acceptors (Lipinski definition) is 5. The molecule has 0 spiro atoms. The standard InChI is InChI=1S/C22H24N2O4S2/c1-15-7-12-20(16(2)14-15)23-22(25)17(3)28-19-10-8-18(9-11-19)24(4)30(26,27)21-6-5-13-29-21/h5-14,17H,1-4H3,(H,23,25)/t17-/m1/s1. The van der Waals surface area contributed by atoms with Crippen molar-refractivity contribution in [2.24, 2.45) is 0 Å². The molecule has 158 valence electrons. The van der Waals surface area contributed by atoms with E-state index < -0.39 is 16.1 Å². The van der Waals surface area contributed by atoms with E-state index in [2.05, 4.69) is 5.32 Å². The first kappa shape index (κ1) is 21.9. The normalized spacial score (nSPS) is 12.3. The zero-order valence-electron chi connectivity index (χ0n) is 17.2. The van der Waals surface area contributed by atoms with Gasteiger partial charge in [-0.25, -0.2) is 8.42 Å². The van der Waals surface area contributed by atoms with E-state index in [9.17, 15) is 13.2 Å². The molecule has 0 saturated heterocycles. The van der Waals surface area contributed by atoms with Crippen LogP contribution in [0.15, 0.2) is 64.2 Å². The van der Waals surface area contributed by atoms with E-state index >= 15 is 0 Å². The molecule has 0 saturated carbocycles. The molecule has 0 aliphatic heterocycles. The van der Waals surface area contributed by atoms with Gasteiger partial charge in [-0.2, -0.15) is 0 Å². The lowest BCUT2D eigenvalue weighted by Crippen LogP contribution is -2.30. The molecule has 1 aromatic heterocycles. The Bertz CT molecular complexity index is 1120. The smallest absolute Gasteiger partial charge is 0.273 e. The maximum atomic E-state index is 12.6. The van der Waals surface area contributed by atoms with Gasteiger partial charge in [0.05, 0.1) is 5.69 Å². The minimum atomic E-state index is -3.59. The number of sulfonamides is 1. The molecular weight excluding hydrogens is 420 g/mol. The second kappa shape index (κ2) is 8.89. The Morgan fingerprint density at radius 3 is 2.40 bits per heavy atom. The van der Waals surface area contributed by atoms with Crippen LogP contribution in [0.1, 0.15) is 18.1 Å². The van der Waals surface area contributed by atoms with Crippen molar-refractivity contribution in [3.05, 3.63) is 71.1 Å². The van der Waals surface area contributed by atoms with Crippen LogP contribution in [0.3, 0.4) is 0 Å². The lowest BCUT2D eigenvalue weighted by molar-refractivity contribution is -0.122. The molecule has 1 heterocycles. The SMILES string of the molecule is Cc1ccc(NC(=O)[C@@H](C)Oc2ccc(N(C)S(=O)(=O)c3cccs3)cc2)c(C)c1. The first-order valence-electron chi connectivity index (χ1n) is 9.36. The first-order chi connectivity index (χ1) is 14.2. The highest BCUT2D eigenvalue weighted by molar-refractivity contribution is 7.94. The summed E-state index contributed by atoms with van der Waals surface area (Å²) in [6.07, 6.45) is -0.718. The van der Waals surface area contributed by atoms with Crippen LogP contribution in [-0.2, 0) is 14.8 Å². The van der Waals surface area contributed by atoms with Crippen molar-refractivity contribution >= 4 is 38.6 Å². The minimum absolute atomic E-state index is 0.261. The van der Waals surface area contributed by atoms with Crippen LogP contribution in [0.25, 0.3) is 0 Å². The Balaban J connectivity index is 1.65. The van der Waals surface area contributed by atoms with Crippen LogP contribution in [0.5, 0.6) is 5.75 Å². The maximum Gasteiger partial charge on any atom is 0.273 e. The van der Waals surface area contributed by atoms with Crippen molar-refractivity contribution in [2.75, 3.05) is 16.7 Å². The van der Waals surface area contributed by atoms with Crippen LogP contribution >= 0.6 is 11.3 Å². The number of carbonyl (C=O) groups excluding carboxylic acids is 1. The summed E-state index contributed by atoms with van der Waals surface area (Å²) in [5.74, 6) is 0.215. The quantitative estimate of drug-likeness (QED) is 0.578. The Hall–Kier alpha value is -2.84. The largest absolute Gasteiger partial charge is 0.481 e. The van der Waals surface area contributed by atoms with Crippen molar-refractivity contribution < 1.29 is 17.9 Å². The van der Waals surface area contributed by atoms with Gasteiger partial charge in [-0.3, -0.25) is 9.10 Å². The number of benzene rings is 2. The summed E-state index contributed by atoms with van der Waals surface area (Å²) in [7, 11) is -2.09.